The van der Waals surface area contributed by atoms with Gasteiger partial charge >= 0.3 is 0 Å². The van der Waals surface area contributed by atoms with Crippen LogP contribution in [0.5, 0.6) is 5.75 Å². The van der Waals surface area contributed by atoms with Crippen molar-refractivity contribution in [3.8, 4) is 5.75 Å². The van der Waals surface area contributed by atoms with Crippen molar-refractivity contribution >= 4 is 68.2 Å². The second kappa shape index (κ2) is 17.5. The summed E-state index contributed by atoms with van der Waals surface area (Å²) in [5.74, 6) is -0.509. The third-order valence-electron chi connectivity index (χ3n) is 8.56. The highest BCUT2D eigenvalue weighted by Gasteiger charge is 2.32. The zero-order valence-corrected chi connectivity index (χ0v) is 32.8. The van der Waals surface area contributed by atoms with E-state index in [9.17, 15) is 29.8 Å². The molecule has 0 atom stereocenters. The Morgan fingerprint density at radius 2 is 1.06 bits per heavy atom. The van der Waals surface area contributed by atoms with Crippen molar-refractivity contribution in [1.82, 2.24) is 8.61 Å². The first-order valence-electron chi connectivity index (χ1n) is 17.0. The topological polar surface area (TPSA) is 201 Å². The van der Waals surface area contributed by atoms with E-state index in [0.29, 0.717) is 48.0 Å². The van der Waals surface area contributed by atoms with Crippen molar-refractivity contribution in [2.45, 2.75) is 62.9 Å². The SMILES string of the molecule is CCOC(CCN(C)S(=O)(=O)c1cc(S(=O)(=O)N(C)CCC(OCC)OCC)c2ccc3c(OCCS(=O)(=O)O)cc(N)c4ccc1c2c43)OCC. The van der Waals surface area contributed by atoms with Crippen LogP contribution in [0.3, 0.4) is 0 Å². The molecule has 4 aromatic rings. The van der Waals surface area contributed by atoms with Gasteiger partial charge in [-0.1, -0.05) is 18.2 Å². The molecule has 0 fully saturated rings. The fourth-order valence-electron chi connectivity index (χ4n) is 6.05. The van der Waals surface area contributed by atoms with E-state index in [2.05, 4.69) is 0 Å². The molecule has 0 saturated heterocycles. The van der Waals surface area contributed by atoms with Crippen molar-refractivity contribution in [3.05, 3.63) is 36.4 Å². The smallest absolute Gasteiger partial charge is 0.268 e. The summed E-state index contributed by atoms with van der Waals surface area (Å²) in [7, 11) is -10.2. The fourth-order valence-corrected chi connectivity index (χ4v) is 9.21. The lowest BCUT2D eigenvalue weighted by Gasteiger charge is -2.25. The van der Waals surface area contributed by atoms with Crippen molar-refractivity contribution in [3.63, 3.8) is 0 Å². The van der Waals surface area contributed by atoms with Gasteiger partial charge < -0.3 is 29.4 Å². The molecule has 0 heterocycles. The molecule has 0 bridgehead atoms. The minimum Gasteiger partial charge on any atom is -0.492 e. The predicted octanol–water partition coefficient (Wildman–Crippen LogP) is 4.25. The van der Waals surface area contributed by atoms with Crippen LogP contribution in [0, 0.1) is 0 Å². The summed E-state index contributed by atoms with van der Waals surface area (Å²) in [4.78, 5) is -0.489. The average Bonchev–Trinajstić information content (AvgIpc) is 3.08. The molecule has 290 valence electrons. The van der Waals surface area contributed by atoms with Crippen LogP contribution in [0.2, 0.25) is 0 Å². The van der Waals surface area contributed by atoms with Gasteiger partial charge in [0.1, 0.15) is 18.1 Å². The standard InChI is InChI=1S/C34H49N3O12S3/c1-7-45-31(46-8-2)15-17-36(5)51(41,42)29-22-30(52(43,44)37(6)18-16-32(47-9-3)48-10-4)26-14-12-24-28(49-19-20-50(38,39)40)21-27(35)23-11-13-25(29)34(26)33(23)24/h11-14,21-22,31-32H,7-10,15-20,35H2,1-6H3,(H,38,39,40). The molecule has 0 aliphatic rings. The molecule has 0 radical (unpaired) electrons. The molecule has 0 amide bonds. The molecule has 0 aromatic heterocycles. The number of nitrogens with zero attached hydrogens (tertiary/aromatic N) is 2. The van der Waals surface area contributed by atoms with Gasteiger partial charge in [-0.25, -0.2) is 25.4 Å². The second-order valence-corrected chi connectivity index (χ2v) is 17.6. The molecule has 15 nitrogen and oxygen atoms in total. The lowest BCUT2D eigenvalue weighted by Crippen LogP contribution is -2.33. The first-order chi connectivity index (χ1) is 24.5. The highest BCUT2D eigenvalue weighted by molar-refractivity contribution is 7.90. The first kappa shape index (κ1) is 41.8. The molecule has 0 spiro atoms. The number of sulfonamides is 2. The Morgan fingerprint density at radius 1 is 0.654 bits per heavy atom. The van der Waals surface area contributed by atoms with Gasteiger partial charge in [0.2, 0.25) is 20.0 Å². The largest absolute Gasteiger partial charge is 0.492 e. The Balaban J connectivity index is 1.96. The molecule has 52 heavy (non-hydrogen) atoms. The molecule has 0 aliphatic heterocycles. The number of anilines is 1. The summed E-state index contributed by atoms with van der Waals surface area (Å²) in [6.45, 7) is 8.31. The average molecular weight is 788 g/mol. The molecular formula is C34H49N3O12S3. The Kier molecular flexibility index (Phi) is 14.1. The Bertz CT molecular complexity index is 2070. The summed E-state index contributed by atoms with van der Waals surface area (Å²) in [6, 6.07) is 9.13. The van der Waals surface area contributed by atoms with Gasteiger partial charge in [-0.15, -0.1) is 0 Å². The number of nitrogens with two attached hydrogens (primary N) is 1. The molecule has 18 heteroatoms. The summed E-state index contributed by atoms with van der Waals surface area (Å²) in [6.07, 6.45) is -0.839. The number of benzene rings is 4. The number of nitrogen functional groups attached to an aromatic ring is 1. The first-order valence-corrected chi connectivity index (χ1v) is 21.5. The van der Waals surface area contributed by atoms with Crippen LogP contribution in [0.25, 0.3) is 32.3 Å². The van der Waals surface area contributed by atoms with Crippen molar-refractivity contribution in [1.29, 1.82) is 0 Å². The third kappa shape index (κ3) is 9.23. The van der Waals surface area contributed by atoms with Gasteiger partial charge in [0.25, 0.3) is 10.1 Å². The van der Waals surface area contributed by atoms with E-state index in [-0.39, 0.29) is 57.9 Å². The van der Waals surface area contributed by atoms with Crippen LogP contribution in [0.1, 0.15) is 40.5 Å². The minimum absolute atomic E-state index is 0.00586. The quantitative estimate of drug-likeness (QED) is 0.0496. The number of rotatable bonds is 22. The zero-order valence-electron chi connectivity index (χ0n) is 30.3. The Hall–Kier alpha value is -2.91. The van der Waals surface area contributed by atoms with Crippen LogP contribution in [-0.2, 0) is 49.1 Å². The van der Waals surface area contributed by atoms with E-state index >= 15 is 0 Å². The van der Waals surface area contributed by atoms with E-state index < -0.39 is 55.1 Å². The van der Waals surface area contributed by atoms with Gasteiger partial charge in [-0.05, 0) is 39.8 Å². The zero-order chi connectivity index (χ0) is 38.4. The van der Waals surface area contributed by atoms with Crippen LogP contribution in [0.4, 0.5) is 5.69 Å². The van der Waals surface area contributed by atoms with Crippen LogP contribution in [0.15, 0.2) is 46.2 Å². The van der Waals surface area contributed by atoms with Gasteiger partial charge in [0, 0.05) is 111 Å². The molecule has 4 rings (SSSR count). The maximum absolute atomic E-state index is 14.5. The Labute approximate surface area is 306 Å². The van der Waals surface area contributed by atoms with E-state index in [0.717, 1.165) is 8.61 Å². The highest BCUT2D eigenvalue weighted by atomic mass is 32.2. The summed E-state index contributed by atoms with van der Waals surface area (Å²) in [5.41, 5.74) is 6.68. The maximum atomic E-state index is 14.5. The lowest BCUT2D eigenvalue weighted by molar-refractivity contribution is -0.140. The summed E-state index contributed by atoms with van der Waals surface area (Å²) >= 11 is 0. The minimum atomic E-state index is -4.35. The van der Waals surface area contributed by atoms with E-state index in [1.54, 1.807) is 24.3 Å². The molecule has 4 aromatic carbocycles. The van der Waals surface area contributed by atoms with Gasteiger partial charge in [-0.2, -0.15) is 8.42 Å². The fraction of sp³-hybridized carbons (Fsp3) is 0.529. The predicted molar refractivity (Wildman–Crippen MR) is 199 cm³/mol. The number of ether oxygens (including phenoxy) is 5. The molecule has 3 N–H and O–H groups in total. The van der Waals surface area contributed by atoms with Crippen molar-refractivity contribution in [2.75, 3.05) is 71.7 Å². The maximum Gasteiger partial charge on any atom is 0.268 e. The molecule has 0 unspecified atom stereocenters. The number of hydrogen-bond acceptors (Lipinski definition) is 12. The van der Waals surface area contributed by atoms with Crippen molar-refractivity contribution < 1.29 is 53.5 Å². The van der Waals surface area contributed by atoms with Gasteiger partial charge in [0.05, 0.1) is 9.79 Å². The number of hydrogen-bond donors (Lipinski definition) is 2. The van der Waals surface area contributed by atoms with Crippen LogP contribution >= 0.6 is 0 Å². The van der Waals surface area contributed by atoms with Crippen LogP contribution in [-0.4, -0.2) is 117 Å². The normalized spacial score (nSPS) is 13.3. The molecule has 0 saturated carbocycles. The third-order valence-corrected chi connectivity index (χ3v) is 13.0. The lowest BCUT2D eigenvalue weighted by atomic mass is 9.93. The molecular weight excluding hydrogens is 739 g/mol. The van der Waals surface area contributed by atoms with E-state index in [1.165, 1.54) is 26.2 Å². The van der Waals surface area contributed by atoms with Gasteiger partial charge in [-0.3, -0.25) is 4.55 Å². The molecule has 0 aliphatic carbocycles. The monoisotopic (exact) mass is 787 g/mol. The van der Waals surface area contributed by atoms with E-state index in [1.807, 2.05) is 27.7 Å². The summed E-state index contributed by atoms with van der Waals surface area (Å²) in [5, 5.41) is 2.17. The van der Waals surface area contributed by atoms with Gasteiger partial charge in [0.15, 0.2) is 12.6 Å². The van der Waals surface area contributed by atoms with Crippen LogP contribution < -0.4 is 10.5 Å². The summed E-state index contributed by atoms with van der Waals surface area (Å²) < 4.78 is 120. The second-order valence-electron chi connectivity index (χ2n) is 12.0. The van der Waals surface area contributed by atoms with Crippen molar-refractivity contribution in [2.24, 2.45) is 0 Å². The highest BCUT2D eigenvalue weighted by Crippen LogP contribution is 2.45. The Morgan fingerprint density at radius 3 is 1.48 bits per heavy atom. The van der Waals surface area contributed by atoms with E-state index in [4.69, 9.17) is 29.4 Å².